The summed E-state index contributed by atoms with van der Waals surface area (Å²) in [6, 6.07) is -0.806. The Balaban J connectivity index is 2.31. The van der Waals surface area contributed by atoms with E-state index in [1.807, 2.05) is 0 Å². The molecule has 1 rings (SSSR count). The molecule has 1 amide bonds. The molecule has 0 radical (unpaired) electrons. The first-order valence-electron chi connectivity index (χ1n) is 6.23. The van der Waals surface area contributed by atoms with Gasteiger partial charge in [0.2, 0.25) is 5.91 Å². The van der Waals surface area contributed by atoms with E-state index >= 15 is 0 Å². The fraction of sp³-hybridized carbons (Fsp3) is 0.833. The second-order valence-electron chi connectivity index (χ2n) is 4.92. The Morgan fingerprint density at radius 2 is 2.18 bits per heavy atom. The van der Waals surface area contributed by atoms with Gasteiger partial charge in [0.05, 0.1) is 0 Å². The summed E-state index contributed by atoms with van der Waals surface area (Å²) >= 11 is 0. The highest BCUT2D eigenvalue weighted by Gasteiger charge is 2.23. The van der Waals surface area contributed by atoms with Crippen molar-refractivity contribution >= 4 is 11.9 Å². The van der Waals surface area contributed by atoms with Crippen molar-refractivity contribution < 1.29 is 14.7 Å². The van der Waals surface area contributed by atoms with Crippen molar-refractivity contribution in [1.82, 2.24) is 10.6 Å². The van der Waals surface area contributed by atoms with Gasteiger partial charge in [-0.25, -0.2) is 0 Å². The molecule has 0 saturated carbocycles. The zero-order valence-corrected chi connectivity index (χ0v) is 10.5. The van der Waals surface area contributed by atoms with E-state index in [1.54, 1.807) is 0 Å². The number of carboxylic acid groups (broad SMARTS) is 1. The predicted molar refractivity (Wildman–Crippen MR) is 64.6 cm³/mol. The van der Waals surface area contributed by atoms with Crippen molar-refractivity contribution in [2.24, 2.45) is 11.8 Å². The van der Waals surface area contributed by atoms with Gasteiger partial charge in [-0.1, -0.05) is 6.92 Å². The number of carboxylic acids is 1. The number of amides is 1. The van der Waals surface area contributed by atoms with Gasteiger partial charge in [0.15, 0.2) is 0 Å². The molecule has 1 saturated heterocycles. The fourth-order valence-electron chi connectivity index (χ4n) is 2.19. The molecule has 0 aromatic heterocycles. The Labute approximate surface area is 102 Å². The lowest BCUT2D eigenvalue weighted by atomic mass is 9.85. The summed E-state index contributed by atoms with van der Waals surface area (Å²) in [5.41, 5.74) is 0. The zero-order chi connectivity index (χ0) is 12.8. The van der Waals surface area contributed by atoms with Gasteiger partial charge in [0, 0.05) is 6.42 Å². The Bertz CT molecular complexity index is 275. The molecule has 17 heavy (non-hydrogen) atoms. The Morgan fingerprint density at radius 3 is 2.71 bits per heavy atom. The van der Waals surface area contributed by atoms with E-state index < -0.39 is 12.0 Å². The molecule has 3 atom stereocenters. The lowest BCUT2D eigenvalue weighted by molar-refractivity contribution is -0.141. The van der Waals surface area contributed by atoms with E-state index in [1.165, 1.54) is 6.92 Å². The highest BCUT2D eigenvalue weighted by atomic mass is 16.4. The first-order chi connectivity index (χ1) is 8.00. The number of rotatable bonds is 5. The van der Waals surface area contributed by atoms with E-state index in [9.17, 15) is 9.59 Å². The number of nitrogens with one attached hydrogen (secondary N) is 2. The molecule has 5 heteroatoms. The summed E-state index contributed by atoms with van der Waals surface area (Å²) in [4.78, 5) is 22.2. The topological polar surface area (TPSA) is 78.4 Å². The summed E-state index contributed by atoms with van der Waals surface area (Å²) < 4.78 is 0. The van der Waals surface area contributed by atoms with Crippen molar-refractivity contribution in [2.45, 2.75) is 39.2 Å². The van der Waals surface area contributed by atoms with Gasteiger partial charge in [-0.05, 0) is 44.7 Å². The van der Waals surface area contributed by atoms with Gasteiger partial charge in [-0.2, -0.15) is 0 Å². The zero-order valence-electron chi connectivity index (χ0n) is 10.5. The minimum absolute atomic E-state index is 0.169. The monoisotopic (exact) mass is 242 g/mol. The second kappa shape index (κ2) is 6.59. The van der Waals surface area contributed by atoms with Gasteiger partial charge in [0.25, 0.3) is 0 Å². The molecule has 1 aliphatic rings. The number of hydrogen-bond acceptors (Lipinski definition) is 3. The maximum atomic E-state index is 11.6. The smallest absolute Gasteiger partial charge is 0.325 e. The third-order valence-corrected chi connectivity index (χ3v) is 3.40. The van der Waals surface area contributed by atoms with Crippen LogP contribution in [0.1, 0.15) is 33.1 Å². The second-order valence-corrected chi connectivity index (χ2v) is 4.92. The van der Waals surface area contributed by atoms with Crippen molar-refractivity contribution in [1.29, 1.82) is 0 Å². The lowest BCUT2D eigenvalue weighted by Crippen LogP contribution is -2.40. The van der Waals surface area contributed by atoms with Crippen LogP contribution in [0.25, 0.3) is 0 Å². The summed E-state index contributed by atoms with van der Waals surface area (Å²) in [5.74, 6) is -0.346. The van der Waals surface area contributed by atoms with Crippen molar-refractivity contribution in [2.75, 3.05) is 13.1 Å². The molecule has 0 spiro atoms. The molecule has 0 aromatic rings. The molecule has 5 nitrogen and oxygen atoms in total. The fourth-order valence-corrected chi connectivity index (χ4v) is 2.19. The average Bonchev–Trinajstić information content (AvgIpc) is 2.29. The number of hydrogen-bond donors (Lipinski definition) is 3. The van der Waals surface area contributed by atoms with Crippen LogP contribution in [-0.2, 0) is 9.59 Å². The number of carbonyl (C=O) groups is 2. The van der Waals surface area contributed by atoms with Crippen LogP contribution in [0.2, 0.25) is 0 Å². The first kappa shape index (κ1) is 14.0. The molecule has 0 aromatic carbocycles. The third kappa shape index (κ3) is 4.73. The predicted octanol–water partition coefficient (Wildman–Crippen LogP) is 0.601. The molecule has 3 N–H and O–H groups in total. The quantitative estimate of drug-likeness (QED) is 0.659. The van der Waals surface area contributed by atoms with Crippen molar-refractivity contribution in [3.63, 3.8) is 0 Å². The van der Waals surface area contributed by atoms with E-state index in [2.05, 4.69) is 17.6 Å². The molecule has 0 bridgehead atoms. The average molecular weight is 242 g/mol. The minimum atomic E-state index is -0.995. The highest BCUT2D eigenvalue weighted by molar-refractivity contribution is 5.83. The summed E-state index contributed by atoms with van der Waals surface area (Å²) in [6.45, 7) is 5.56. The molecular formula is C12H22N2O3. The van der Waals surface area contributed by atoms with Gasteiger partial charge >= 0.3 is 5.97 Å². The maximum Gasteiger partial charge on any atom is 0.325 e. The van der Waals surface area contributed by atoms with Gasteiger partial charge < -0.3 is 15.7 Å². The van der Waals surface area contributed by atoms with E-state index in [0.29, 0.717) is 18.3 Å². The van der Waals surface area contributed by atoms with Crippen LogP contribution in [0, 0.1) is 11.8 Å². The van der Waals surface area contributed by atoms with Crippen LogP contribution in [-0.4, -0.2) is 36.1 Å². The largest absolute Gasteiger partial charge is 0.480 e. The molecule has 98 valence electrons. The molecule has 0 aliphatic carbocycles. The minimum Gasteiger partial charge on any atom is -0.480 e. The van der Waals surface area contributed by atoms with E-state index in [4.69, 9.17) is 5.11 Å². The number of carbonyl (C=O) groups excluding carboxylic acids is 1. The molecular weight excluding hydrogens is 220 g/mol. The summed E-state index contributed by atoms with van der Waals surface area (Å²) in [7, 11) is 0. The van der Waals surface area contributed by atoms with E-state index in [-0.39, 0.29) is 5.91 Å². The van der Waals surface area contributed by atoms with Crippen LogP contribution in [0.4, 0.5) is 0 Å². The van der Waals surface area contributed by atoms with Crippen LogP contribution in [0.5, 0.6) is 0 Å². The van der Waals surface area contributed by atoms with Crippen molar-refractivity contribution in [3.05, 3.63) is 0 Å². The van der Waals surface area contributed by atoms with Gasteiger partial charge in [-0.3, -0.25) is 9.59 Å². The Morgan fingerprint density at radius 1 is 1.47 bits per heavy atom. The van der Waals surface area contributed by atoms with Crippen LogP contribution in [0.3, 0.4) is 0 Å². The van der Waals surface area contributed by atoms with Crippen molar-refractivity contribution in [3.8, 4) is 0 Å². The van der Waals surface area contributed by atoms with Crippen LogP contribution >= 0.6 is 0 Å². The highest BCUT2D eigenvalue weighted by Crippen LogP contribution is 2.22. The van der Waals surface area contributed by atoms with Crippen LogP contribution < -0.4 is 10.6 Å². The number of piperidine rings is 1. The van der Waals surface area contributed by atoms with E-state index in [0.717, 1.165) is 25.9 Å². The molecule has 1 aliphatic heterocycles. The normalized spacial score (nSPS) is 23.8. The van der Waals surface area contributed by atoms with Gasteiger partial charge in [0.1, 0.15) is 6.04 Å². The number of aliphatic carboxylic acids is 1. The summed E-state index contributed by atoms with van der Waals surface area (Å²) in [5, 5.41) is 14.5. The molecule has 1 heterocycles. The SMILES string of the molecule is CC(CC(=O)N[C@H](C)C(=O)O)C1CCCNC1. The first-order valence-corrected chi connectivity index (χ1v) is 6.23. The Kier molecular flexibility index (Phi) is 5.41. The molecule has 2 unspecified atom stereocenters. The third-order valence-electron chi connectivity index (χ3n) is 3.40. The summed E-state index contributed by atoms with van der Waals surface area (Å²) in [6.07, 6.45) is 2.71. The Hall–Kier alpha value is -1.10. The standard InChI is InChI=1S/C12H22N2O3/c1-8(10-4-3-5-13-7-10)6-11(15)14-9(2)12(16)17/h8-10,13H,3-7H2,1-2H3,(H,14,15)(H,16,17)/t8?,9-,10?/m1/s1. The molecule has 1 fully saturated rings. The maximum absolute atomic E-state index is 11.6. The lowest BCUT2D eigenvalue weighted by Gasteiger charge is -2.28. The van der Waals surface area contributed by atoms with Crippen LogP contribution in [0.15, 0.2) is 0 Å². The van der Waals surface area contributed by atoms with Gasteiger partial charge in [-0.15, -0.1) is 0 Å².